The molecule has 3 aromatic rings. The molecule has 0 unspecified atom stereocenters. The fraction of sp³-hybridized carbons (Fsp3) is 0.222. The van der Waals surface area contributed by atoms with Gasteiger partial charge >= 0.3 is 0 Å². The van der Waals surface area contributed by atoms with Gasteiger partial charge in [-0.15, -0.1) is 11.3 Å². The molecule has 4 nitrogen and oxygen atoms in total. The number of aromatic hydroxyl groups is 1. The summed E-state index contributed by atoms with van der Waals surface area (Å²) >= 11 is 7.95. The van der Waals surface area contributed by atoms with E-state index in [4.69, 9.17) is 11.6 Å². The van der Waals surface area contributed by atoms with E-state index in [0.717, 1.165) is 35.0 Å². The average molecular weight is 359 g/mol. The second-order valence-corrected chi connectivity index (χ2v) is 7.38. The third-order valence-electron chi connectivity index (χ3n) is 4.24. The monoisotopic (exact) mass is 358 g/mol. The molecule has 0 amide bonds. The Balaban J connectivity index is 1.79. The summed E-state index contributed by atoms with van der Waals surface area (Å²) in [5, 5.41) is 10.4. The highest BCUT2D eigenvalue weighted by Crippen LogP contribution is 2.34. The second-order valence-electron chi connectivity index (χ2n) is 5.89. The maximum absolute atomic E-state index is 12.5. The number of aromatic nitrogens is 2. The molecule has 0 saturated heterocycles. The summed E-state index contributed by atoms with van der Waals surface area (Å²) in [6.45, 7) is 0. The summed E-state index contributed by atoms with van der Waals surface area (Å²) in [4.78, 5) is 21.9. The minimum Gasteiger partial charge on any atom is -0.508 e. The van der Waals surface area contributed by atoms with Crippen molar-refractivity contribution in [2.75, 3.05) is 0 Å². The van der Waals surface area contributed by atoms with Crippen molar-refractivity contribution in [1.82, 2.24) is 9.97 Å². The highest BCUT2D eigenvalue weighted by Gasteiger charge is 2.20. The van der Waals surface area contributed by atoms with Gasteiger partial charge in [-0.05, 0) is 55.0 Å². The van der Waals surface area contributed by atoms with Crippen LogP contribution in [0.5, 0.6) is 5.75 Å². The summed E-state index contributed by atoms with van der Waals surface area (Å²) in [6, 6.07) is 6.67. The van der Waals surface area contributed by atoms with E-state index >= 15 is 0 Å². The molecule has 0 atom stereocenters. The van der Waals surface area contributed by atoms with E-state index in [1.165, 1.54) is 16.9 Å². The molecule has 2 aromatic heterocycles. The van der Waals surface area contributed by atoms with Gasteiger partial charge in [-0.3, -0.25) is 4.79 Å². The number of phenols is 1. The van der Waals surface area contributed by atoms with Crippen molar-refractivity contribution in [3.8, 4) is 5.75 Å². The first kappa shape index (κ1) is 15.4. The topological polar surface area (TPSA) is 66.0 Å². The van der Waals surface area contributed by atoms with E-state index in [1.54, 1.807) is 41.7 Å². The quantitative estimate of drug-likeness (QED) is 0.717. The van der Waals surface area contributed by atoms with Crippen LogP contribution in [0.1, 0.15) is 34.7 Å². The number of aromatic amines is 1. The molecule has 4 rings (SSSR count). The van der Waals surface area contributed by atoms with Gasteiger partial charge in [-0.2, -0.15) is 0 Å². The van der Waals surface area contributed by atoms with Crippen LogP contribution in [0.4, 0.5) is 0 Å². The highest BCUT2D eigenvalue weighted by atomic mass is 35.5. The number of hydrogen-bond acceptors (Lipinski definition) is 4. The number of aryl methyl sites for hydroxylation is 2. The van der Waals surface area contributed by atoms with E-state index in [-0.39, 0.29) is 11.3 Å². The van der Waals surface area contributed by atoms with Crippen molar-refractivity contribution < 1.29 is 5.11 Å². The lowest BCUT2D eigenvalue weighted by atomic mass is 9.97. The Kier molecular flexibility index (Phi) is 3.90. The van der Waals surface area contributed by atoms with E-state index in [0.29, 0.717) is 10.9 Å². The molecular formula is C18H15ClN2O2S. The SMILES string of the molecule is O=c1[nH]c(/C(Cl)=C/c2ccc(O)cc2)nc2sc3c(c12)CCCC3. The molecule has 0 saturated carbocycles. The van der Waals surface area contributed by atoms with Crippen LogP contribution >= 0.6 is 22.9 Å². The predicted octanol–water partition coefficient (Wildman–Crippen LogP) is 4.31. The Hall–Kier alpha value is -2.11. The van der Waals surface area contributed by atoms with E-state index < -0.39 is 0 Å². The predicted molar refractivity (Wildman–Crippen MR) is 98.7 cm³/mol. The maximum Gasteiger partial charge on any atom is 0.260 e. The molecule has 0 radical (unpaired) electrons. The Morgan fingerprint density at radius 1 is 1.25 bits per heavy atom. The number of nitrogens with zero attached hydrogens (tertiary/aromatic N) is 1. The number of phenolic OH excluding ortho intramolecular Hbond substituents is 1. The first-order chi connectivity index (χ1) is 11.6. The number of benzene rings is 1. The first-order valence-corrected chi connectivity index (χ1v) is 9.02. The Bertz CT molecular complexity index is 1000. The number of nitrogens with one attached hydrogen (secondary N) is 1. The molecule has 2 heterocycles. The third-order valence-corrected chi connectivity index (χ3v) is 5.71. The van der Waals surface area contributed by atoms with Crippen molar-refractivity contribution in [1.29, 1.82) is 0 Å². The van der Waals surface area contributed by atoms with Crippen LogP contribution < -0.4 is 5.56 Å². The van der Waals surface area contributed by atoms with Crippen LogP contribution in [0.15, 0.2) is 29.1 Å². The van der Waals surface area contributed by atoms with Gasteiger partial charge in [0.05, 0.1) is 10.4 Å². The van der Waals surface area contributed by atoms with Crippen molar-refractivity contribution >= 4 is 44.3 Å². The molecule has 1 aliphatic rings. The largest absolute Gasteiger partial charge is 0.508 e. The summed E-state index contributed by atoms with van der Waals surface area (Å²) in [5.74, 6) is 0.571. The van der Waals surface area contributed by atoms with Gasteiger partial charge in [-0.1, -0.05) is 23.7 Å². The van der Waals surface area contributed by atoms with Gasteiger partial charge in [0.15, 0.2) is 5.82 Å². The van der Waals surface area contributed by atoms with Crippen LogP contribution in [0, 0.1) is 0 Å². The molecule has 0 bridgehead atoms. The Labute approximate surface area is 147 Å². The number of thiophene rings is 1. The summed E-state index contributed by atoms with van der Waals surface area (Å²) < 4.78 is 0. The Morgan fingerprint density at radius 2 is 2.00 bits per heavy atom. The molecule has 6 heteroatoms. The van der Waals surface area contributed by atoms with E-state index in [1.807, 2.05) is 0 Å². The zero-order chi connectivity index (χ0) is 16.7. The number of rotatable bonds is 2. The molecule has 0 fully saturated rings. The lowest BCUT2D eigenvalue weighted by Crippen LogP contribution is -2.12. The van der Waals surface area contributed by atoms with Crippen LogP contribution in [0.3, 0.4) is 0 Å². The minimum absolute atomic E-state index is 0.119. The van der Waals surface area contributed by atoms with Gasteiger partial charge in [0, 0.05) is 4.88 Å². The minimum atomic E-state index is -0.119. The number of hydrogen-bond donors (Lipinski definition) is 2. The van der Waals surface area contributed by atoms with Crippen molar-refractivity contribution in [2.45, 2.75) is 25.7 Å². The number of halogens is 1. The number of fused-ring (bicyclic) bond motifs is 3. The third kappa shape index (κ3) is 2.74. The summed E-state index contributed by atoms with van der Waals surface area (Å²) in [5.41, 5.74) is 1.87. The lowest BCUT2D eigenvalue weighted by Gasteiger charge is -2.09. The lowest BCUT2D eigenvalue weighted by molar-refractivity contribution is 0.475. The summed E-state index contributed by atoms with van der Waals surface area (Å²) in [7, 11) is 0. The standard InChI is InChI=1S/C18H15ClN2O2S/c19-13(9-10-5-7-11(22)8-6-10)16-20-17(23)15-12-3-1-2-4-14(12)24-18(15)21-16/h5-9,22H,1-4H2,(H,20,21,23)/b13-9-. The first-order valence-electron chi connectivity index (χ1n) is 7.83. The second kappa shape index (κ2) is 6.07. The van der Waals surface area contributed by atoms with Crippen molar-refractivity contribution in [3.63, 3.8) is 0 Å². The molecule has 1 aliphatic carbocycles. The smallest absolute Gasteiger partial charge is 0.260 e. The zero-order valence-electron chi connectivity index (χ0n) is 12.8. The fourth-order valence-electron chi connectivity index (χ4n) is 3.06. The van der Waals surface area contributed by atoms with Gasteiger partial charge in [-0.25, -0.2) is 4.98 Å². The summed E-state index contributed by atoms with van der Waals surface area (Å²) in [6.07, 6.45) is 6.00. The molecule has 0 aliphatic heterocycles. The normalized spacial score (nSPS) is 14.8. The van der Waals surface area contributed by atoms with Crippen molar-refractivity contribution in [2.24, 2.45) is 0 Å². The van der Waals surface area contributed by atoms with Gasteiger partial charge in [0.25, 0.3) is 5.56 Å². The Morgan fingerprint density at radius 3 is 2.79 bits per heavy atom. The van der Waals surface area contributed by atoms with Crippen LogP contribution in [0.2, 0.25) is 0 Å². The highest BCUT2D eigenvalue weighted by molar-refractivity contribution is 7.18. The van der Waals surface area contributed by atoms with Crippen LogP contribution in [-0.4, -0.2) is 15.1 Å². The maximum atomic E-state index is 12.5. The average Bonchev–Trinajstić information content (AvgIpc) is 2.95. The van der Waals surface area contributed by atoms with E-state index in [9.17, 15) is 9.90 Å². The van der Waals surface area contributed by atoms with Gasteiger partial charge in [0.1, 0.15) is 10.6 Å². The van der Waals surface area contributed by atoms with Crippen LogP contribution in [0.25, 0.3) is 21.3 Å². The number of H-pyrrole nitrogens is 1. The molecule has 24 heavy (non-hydrogen) atoms. The molecule has 2 N–H and O–H groups in total. The molecule has 1 aromatic carbocycles. The fourth-order valence-corrected chi connectivity index (χ4v) is 4.54. The van der Waals surface area contributed by atoms with Crippen LogP contribution in [-0.2, 0) is 12.8 Å². The van der Waals surface area contributed by atoms with Gasteiger partial charge < -0.3 is 10.1 Å². The molecule has 0 spiro atoms. The van der Waals surface area contributed by atoms with Crippen molar-refractivity contribution in [3.05, 3.63) is 56.4 Å². The van der Waals surface area contributed by atoms with Gasteiger partial charge in [0.2, 0.25) is 0 Å². The molecule has 122 valence electrons. The van der Waals surface area contributed by atoms with E-state index in [2.05, 4.69) is 9.97 Å². The molecular weight excluding hydrogens is 344 g/mol. The zero-order valence-corrected chi connectivity index (χ0v) is 14.4.